The van der Waals surface area contributed by atoms with E-state index in [2.05, 4.69) is 5.32 Å². The van der Waals surface area contributed by atoms with E-state index < -0.39 is 0 Å². The first-order valence-corrected chi connectivity index (χ1v) is 10.5. The molecule has 7 heteroatoms. The van der Waals surface area contributed by atoms with Crippen molar-refractivity contribution in [1.82, 2.24) is 5.32 Å². The number of hydrogen-bond donors (Lipinski definition) is 1. The predicted octanol–water partition coefficient (Wildman–Crippen LogP) is 4.55. The highest BCUT2D eigenvalue weighted by Gasteiger charge is 2.22. The second kappa shape index (κ2) is 9.78. The van der Waals surface area contributed by atoms with Crippen LogP contribution in [-0.2, 0) is 4.79 Å². The van der Waals surface area contributed by atoms with Crippen LogP contribution in [0.25, 0.3) is 0 Å². The summed E-state index contributed by atoms with van der Waals surface area (Å²) in [5, 5.41) is 3.01. The fourth-order valence-corrected chi connectivity index (χ4v) is 4.31. The lowest BCUT2D eigenvalue weighted by Crippen LogP contribution is -2.30. The number of rotatable bonds is 8. The Morgan fingerprint density at radius 1 is 1.21 bits per heavy atom. The van der Waals surface area contributed by atoms with Crippen molar-refractivity contribution in [2.45, 2.75) is 37.1 Å². The first kappa shape index (κ1) is 21.2. The molecule has 1 aliphatic heterocycles. The quantitative estimate of drug-likeness (QED) is 0.504. The Kier molecular flexibility index (Phi) is 7.14. The minimum atomic E-state index is -0.288. The number of Topliss-reactive ketones (excluding diaryl/α,β-unsaturated/α-hetero) is 1. The lowest BCUT2D eigenvalue weighted by molar-refractivity contribution is -0.122. The van der Waals surface area contributed by atoms with Crippen molar-refractivity contribution in [3.8, 4) is 11.5 Å². The number of halogens is 1. The highest BCUT2D eigenvalue weighted by atomic mass is 32.2. The van der Waals surface area contributed by atoms with E-state index in [1.165, 1.54) is 26.2 Å². The number of carbonyl (C=O) groups is 2. The Morgan fingerprint density at radius 3 is 2.79 bits per heavy atom. The summed E-state index contributed by atoms with van der Waals surface area (Å²) in [6, 6.07) is 9.59. The van der Waals surface area contributed by atoms with E-state index in [0.29, 0.717) is 36.5 Å². The summed E-state index contributed by atoms with van der Waals surface area (Å²) in [5.74, 6) is 1.49. The van der Waals surface area contributed by atoms with Crippen LogP contribution in [0.5, 0.6) is 11.5 Å². The number of fused-ring (bicyclic) bond motifs is 1. The van der Waals surface area contributed by atoms with Crippen molar-refractivity contribution >= 4 is 23.5 Å². The maximum absolute atomic E-state index is 13.6. The minimum absolute atomic E-state index is 0.0471. The molecule has 1 aliphatic rings. The van der Waals surface area contributed by atoms with Gasteiger partial charge in [0, 0.05) is 22.6 Å². The number of thioether (sulfide) groups is 1. The van der Waals surface area contributed by atoms with Gasteiger partial charge < -0.3 is 14.8 Å². The number of nitrogens with one attached hydrogen (secondary N) is 1. The average molecular weight is 418 g/mol. The molecule has 2 aromatic carbocycles. The van der Waals surface area contributed by atoms with Crippen LogP contribution in [0.3, 0.4) is 0 Å². The first-order valence-electron chi connectivity index (χ1n) is 9.51. The minimum Gasteiger partial charge on any atom is -0.493 e. The van der Waals surface area contributed by atoms with Crippen LogP contribution >= 0.6 is 11.8 Å². The van der Waals surface area contributed by atoms with E-state index >= 15 is 0 Å². The molecule has 0 saturated heterocycles. The maximum atomic E-state index is 13.6. The van der Waals surface area contributed by atoms with Gasteiger partial charge in [-0.25, -0.2) is 4.39 Å². The normalized spacial score (nSPS) is 15.3. The molecular weight excluding hydrogens is 393 g/mol. The van der Waals surface area contributed by atoms with Crippen molar-refractivity contribution < 1.29 is 23.5 Å². The number of hydrogen-bond acceptors (Lipinski definition) is 5. The second-order valence-electron chi connectivity index (χ2n) is 6.81. The molecule has 0 bridgehead atoms. The third kappa shape index (κ3) is 5.50. The van der Waals surface area contributed by atoms with Gasteiger partial charge >= 0.3 is 0 Å². The second-order valence-corrected chi connectivity index (χ2v) is 7.95. The fourth-order valence-electron chi connectivity index (χ4n) is 3.20. The van der Waals surface area contributed by atoms with Crippen molar-refractivity contribution in [3.63, 3.8) is 0 Å². The van der Waals surface area contributed by atoms with Gasteiger partial charge in [-0.05, 0) is 61.7 Å². The number of carbonyl (C=O) groups excluding carboxylic acids is 2. The molecule has 0 saturated carbocycles. The fraction of sp³-hybridized carbons (Fsp3) is 0.364. The van der Waals surface area contributed by atoms with Gasteiger partial charge in [0.2, 0.25) is 5.91 Å². The zero-order valence-corrected chi connectivity index (χ0v) is 17.3. The Labute approximate surface area is 174 Å². The van der Waals surface area contributed by atoms with E-state index in [9.17, 15) is 14.0 Å². The number of ketones is 1. The number of benzene rings is 2. The third-order valence-electron chi connectivity index (χ3n) is 4.72. The van der Waals surface area contributed by atoms with Gasteiger partial charge in [-0.3, -0.25) is 9.59 Å². The number of methoxy groups -OCH3 is 1. The maximum Gasteiger partial charge on any atom is 0.220 e. The molecule has 3 rings (SSSR count). The zero-order chi connectivity index (χ0) is 20.8. The Morgan fingerprint density at radius 2 is 2.03 bits per heavy atom. The largest absolute Gasteiger partial charge is 0.493 e. The summed E-state index contributed by atoms with van der Waals surface area (Å²) in [6.45, 7) is 1.83. The molecule has 1 amide bonds. The summed E-state index contributed by atoms with van der Waals surface area (Å²) in [7, 11) is 1.52. The molecule has 1 heterocycles. The predicted molar refractivity (Wildman–Crippen MR) is 110 cm³/mol. The highest BCUT2D eigenvalue weighted by Crippen LogP contribution is 2.36. The summed E-state index contributed by atoms with van der Waals surface area (Å²) in [5.41, 5.74) is 1.40. The first-order chi connectivity index (χ1) is 14.0. The van der Waals surface area contributed by atoms with E-state index in [0.717, 1.165) is 22.6 Å². The summed E-state index contributed by atoms with van der Waals surface area (Å²) >= 11 is 1.68. The van der Waals surface area contributed by atoms with Crippen molar-refractivity contribution in [3.05, 3.63) is 53.3 Å². The van der Waals surface area contributed by atoms with E-state index in [1.807, 2.05) is 0 Å². The molecule has 0 aliphatic carbocycles. The van der Waals surface area contributed by atoms with Crippen LogP contribution in [-0.4, -0.2) is 31.2 Å². The van der Waals surface area contributed by atoms with E-state index in [1.54, 1.807) is 36.0 Å². The molecule has 154 valence electrons. The molecule has 5 nitrogen and oxygen atoms in total. The van der Waals surface area contributed by atoms with Crippen molar-refractivity contribution in [2.75, 3.05) is 19.5 Å². The molecule has 1 N–H and O–H groups in total. The zero-order valence-electron chi connectivity index (χ0n) is 16.5. The van der Waals surface area contributed by atoms with Gasteiger partial charge in [0.1, 0.15) is 5.82 Å². The summed E-state index contributed by atoms with van der Waals surface area (Å²) in [4.78, 5) is 24.8. The van der Waals surface area contributed by atoms with E-state index in [-0.39, 0.29) is 23.5 Å². The monoisotopic (exact) mass is 417 g/mol. The van der Waals surface area contributed by atoms with Crippen LogP contribution in [0.1, 0.15) is 48.1 Å². The van der Waals surface area contributed by atoms with Gasteiger partial charge in [-0.1, -0.05) is 0 Å². The van der Waals surface area contributed by atoms with Crippen molar-refractivity contribution in [1.29, 1.82) is 0 Å². The standard InChI is InChI=1S/C22H24FNO4S/c1-14(25)15-5-7-19(20(12-15)27-2)28-10-3-4-22(26)24-18-9-11-29-21-8-6-16(23)13-17(18)21/h5-8,12-13,18H,3-4,9-11H2,1-2H3,(H,24,26)/t18-/m1/s1. The molecule has 0 aromatic heterocycles. The molecular formula is C22H24FNO4S. The molecule has 0 spiro atoms. The number of amides is 1. The summed E-state index contributed by atoms with van der Waals surface area (Å²) < 4.78 is 24.6. The van der Waals surface area contributed by atoms with Crippen LogP contribution in [0, 0.1) is 5.82 Å². The lowest BCUT2D eigenvalue weighted by atomic mass is 10.0. The Hall–Kier alpha value is -2.54. The van der Waals surface area contributed by atoms with Gasteiger partial charge in [0.25, 0.3) is 0 Å². The van der Waals surface area contributed by atoms with Gasteiger partial charge in [0.15, 0.2) is 17.3 Å². The molecule has 0 fully saturated rings. The molecule has 29 heavy (non-hydrogen) atoms. The Balaban J connectivity index is 1.49. The van der Waals surface area contributed by atoms with Crippen LogP contribution < -0.4 is 14.8 Å². The average Bonchev–Trinajstić information content (AvgIpc) is 2.71. The van der Waals surface area contributed by atoms with Gasteiger partial charge in [-0.2, -0.15) is 0 Å². The van der Waals surface area contributed by atoms with Crippen LogP contribution in [0.2, 0.25) is 0 Å². The molecule has 1 atom stereocenters. The van der Waals surface area contributed by atoms with Gasteiger partial charge in [-0.15, -0.1) is 11.8 Å². The van der Waals surface area contributed by atoms with Crippen molar-refractivity contribution in [2.24, 2.45) is 0 Å². The highest BCUT2D eigenvalue weighted by molar-refractivity contribution is 7.99. The smallest absolute Gasteiger partial charge is 0.220 e. The Bertz CT molecular complexity index is 902. The summed E-state index contributed by atoms with van der Waals surface area (Å²) in [6.07, 6.45) is 1.62. The molecule has 0 radical (unpaired) electrons. The van der Waals surface area contributed by atoms with Gasteiger partial charge in [0.05, 0.1) is 19.8 Å². The number of ether oxygens (including phenoxy) is 2. The van der Waals surface area contributed by atoms with Crippen LogP contribution in [0.15, 0.2) is 41.3 Å². The van der Waals surface area contributed by atoms with E-state index in [4.69, 9.17) is 9.47 Å². The third-order valence-corrected chi connectivity index (χ3v) is 5.85. The van der Waals surface area contributed by atoms with Crippen LogP contribution in [0.4, 0.5) is 4.39 Å². The SMILES string of the molecule is COc1cc(C(C)=O)ccc1OCCCC(=O)N[C@@H]1CCSc2ccc(F)cc21. The molecule has 2 aromatic rings. The molecule has 0 unspecified atom stereocenters. The topological polar surface area (TPSA) is 64.6 Å². The lowest BCUT2D eigenvalue weighted by Gasteiger charge is -2.26.